The van der Waals surface area contributed by atoms with Crippen LogP contribution in [0.25, 0.3) is 291 Å². The van der Waals surface area contributed by atoms with E-state index in [-0.39, 0.29) is 6.61 Å². The fourth-order valence-electron chi connectivity index (χ4n) is 24.9. The molecule has 28 aromatic rings. The molecule has 0 saturated carbocycles. The van der Waals surface area contributed by atoms with Crippen molar-refractivity contribution >= 4 is 299 Å². The van der Waals surface area contributed by atoms with E-state index >= 15 is 0 Å². The fourth-order valence-corrected chi connectivity index (χ4v) is 25.6. The third-order valence-electron chi connectivity index (χ3n) is 24.8. The Morgan fingerprint density at radius 1 is 0.314 bits per heavy atom. The summed E-state index contributed by atoms with van der Waals surface area (Å²) in [6, 6.07) is -0.449. The first-order chi connectivity index (χ1) is 34.5. The lowest BCUT2D eigenvalue weighted by atomic mass is 9.52. The molecule has 0 amide bonds. The summed E-state index contributed by atoms with van der Waals surface area (Å²) in [7, 11) is -2.31. The van der Waals surface area contributed by atoms with Crippen LogP contribution in [-0.4, -0.2) is 31.3 Å². The van der Waals surface area contributed by atoms with Gasteiger partial charge in [0.2, 0.25) is 8.32 Å². The van der Waals surface area contributed by atoms with Gasteiger partial charge >= 0.3 is 0 Å². The number of rotatable bonds is 3. The van der Waals surface area contributed by atoms with Crippen molar-refractivity contribution in [2.24, 2.45) is 0 Å². The maximum atomic E-state index is 12.8. The topological polar surface area (TPSA) is 41.9 Å². The molecular formula is C65H13NO3Si. The highest BCUT2D eigenvalue weighted by atomic mass is 28.4. The molecule has 0 radical (unpaired) electrons. The number of benzene rings is 18. The van der Waals surface area contributed by atoms with E-state index in [0.29, 0.717) is 0 Å². The van der Waals surface area contributed by atoms with E-state index in [0.717, 1.165) is 0 Å². The van der Waals surface area contributed by atoms with E-state index in [1.165, 1.54) is 86.9 Å². The standard InChI is InChI=1S/C65H13NO3Si/c1-70(2,3)69-66-5(4-67)64-60-52-44-34-24-16-8-6-7-10-14-12(8)20-28-22(14)32-26-18(10)19-11(7)15-13-9(6)17(16)25-31-21(13)29-23(15)33-27(19)37-36(26)48-42(32)50-40(28)46(38(44)30(20)24)54(60)56(50)62-58(48)59-49(37)43(33)51-41(29)47-39(31)45(35(25)34)53(52)61(64)55(47)57(51)63(59)65(62,64)68-66/h5,67H,4H2,1-3H3. The third-order valence-corrected chi connectivity index (χ3v) is 25.5. The van der Waals surface area contributed by atoms with Crippen molar-refractivity contribution in [1.29, 1.82) is 0 Å². The summed E-state index contributed by atoms with van der Waals surface area (Å²) in [6.07, 6.45) is 0. The van der Waals surface area contributed by atoms with Crippen molar-refractivity contribution in [2.45, 2.75) is 36.7 Å². The second-order valence-corrected chi connectivity index (χ2v) is 30.9. The molecule has 5 aliphatic rings. The largest absolute Gasteiger partial charge is 0.395 e. The lowest BCUT2D eigenvalue weighted by Gasteiger charge is -2.48. The number of hydrogen-bond donors (Lipinski definition) is 1. The molecule has 0 bridgehead atoms. The molecule has 1 aliphatic heterocycles. The second-order valence-electron chi connectivity index (χ2n) is 26.5. The summed E-state index contributed by atoms with van der Waals surface area (Å²) >= 11 is 0. The Hall–Kier alpha value is -7.48. The van der Waals surface area contributed by atoms with Crippen LogP contribution < -0.4 is 0 Å². The number of aliphatic hydroxyl groups is 1. The summed E-state index contributed by atoms with van der Waals surface area (Å²) in [5.74, 6) is 0. The number of nitrogens with zero attached hydrogens (tertiary/aromatic N) is 1. The Kier molecular flexibility index (Phi) is 2.32. The van der Waals surface area contributed by atoms with Gasteiger partial charge in [-0.15, -0.1) is 0 Å². The molecule has 28 aromatic carbocycles. The molecule has 1 atom stereocenters. The lowest BCUT2D eigenvalue weighted by Crippen LogP contribution is -2.55. The predicted molar refractivity (Wildman–Crippen MR) is 292 cm³/mol. The Balaban J connectivity index is 1.19. The van der Waals surface area contributed by atoms with Gasteiger partial charge in [-0.25, -0.2) is 0 Å². The molecule has 1 N–H and O–H groups in total. The van der Waals surface area contributed by atoms with Crippen molar-refractivity contribution < 1.29 is 14.5 Å². The van der Waals surface area contributed by atoms with Gasteiger partial charge in [-0.2, -0.15) is 0 Å². The van der Waals surface area contributed by atoms with Gasteiger partial charge in [-0.05, 0) is 322 Å². The molecule has 1 fully saturated rings. The average Bonchev–Trinajstić information content (AvgIpc) is 4.29. The van der Waals surface area contributed by atoms with Crippen LogP contribution in [0, 0.1) is 0 Å². The summed E-state index contributed by atoms with van der Waals surface area (Å²) in [4.78, 5) is 8.41. The normalized spacial score (nSPS) is 24.3. The average molecular weight is 884 g/mol. The first-order valence-electron chi connectivity index (χ1n) is 26.0. The van der Waals surface area contributed by atoms with Gasteiger partial charge in [0, 0.05) is 11.1 Å². The van der Waals surface area contributed by atoms with E-state index in [2.05, 4.69) is 19.6 Å². The summed E-state index contributed by atoms with van der Waals surface area (Å²) in [5, 5.41) is 99.6. The van der Waals surface area contributed by atoms with Crippen LogP contribution in [-0.2, 0) is 20.4 Å². The van der Waals surface area contributed by atoms with E-state index in [4.69, 9.17) is 9.36 Å². The number of hydrogen-bond acceptors (Lipinski definition) is 4. The smallest absolute Gasteiger partial charge is 0.215 e. The van der Waals surface area contributed by atoms with Crippen LogP contribution in [0.3, 0.4) is 0 Å². The van der Waals surface area contributed by atoms with Crippen molar-refractivity contribution in [3.8, 4) is 0 Å². The maximum Gasteiger partial charge on any atom is 0.215 e. The van der Waals surface area contributed by atoms with E-state index in [9.17, 15) is 5.11 Å². The lowest BCUT2D eigenvalue weighted by molar-refractivity contribution is -0.344. The van der Waals surface area contributed by atoms with Gasteiger partial charge in [0.05, 0.1) is 12.0 Å². The highest BCUT2D eigenvalue weighted by Crippen LogP contribution is 2.86. The van der Waals surface area contributed by atoms with Crippen molar-refractivity contribution in [3.05, 3.63) is 22.3 Å². The molecule has 1 heterocycles. The number of hydroxylamine groups is 2. The van der Waals surface area contributed by atoms with Crippen LogP contribution in [0.4, 0.5) is 0 Å². The van der Waals surface area contributed by atoms with Gasteiger partial charge in [-0.1, -0.05) is 5.23 Å². The Labute approximate surface area is 382 Å². The van der Waals surface area contributed by atoms with Crippen molar-refractivity contribution in [2.75, 3.05) is 6.61 Å². The molecule has 5 heteroatoms. The highest BCUT2D eigenvalue weighted by molar-refractivity contribution is 6.82. The minimum atomic E-state index is -2.31. The zero-order chi connectivity index (χ0) is 42.3. The molecule has 4 nitrogen and oxygen atoms in total. The fraction of sp³-hybridized carbons (Fsp3) is 0.108. The zero-order valence-electron chi connectivity index (χ0n) is 36.5. The van der Waals surface area contributed by atoms with Crippen LogP contribution in [0.1, 0.15) is 22.3 Å². The molecule has 1 saturated heterocycles. The van der Waals surface area contributed by atoms with Crippen LogP contribution >= 0.6 is 0 Å². The Morgan fingerprint density at radius 2 is 0.486 bits per heavy atom. The monoisotopic (exact) mass is 883 g/mol. The van der Waals surface area contributed by atoms with Gasteiger partial charge in [0.15, 0.2) is 5.60 Å². The molecule has 70 heavy (non-hydrogen) atoms. The Bertz CT molecular complexity index is 6990. The summed E-state index contributed by atoms with van der Waals surface area (Å²) in [6.45, 7) is 6.85. The zero-order valence-corrected chi connectivity index (χ0v) is 37.5. The van der Waals surface area contributed by atoms with Gasteiger partial charge in [0.25, 0.3) is 0 Å². The second kappa shape index (κ2) is 6.02. The first kappa shape index (κ1) is 27.1. The minimum absolute atomic E-state index is 0.0521. The van der Waals surface area contributed by atoms with Crippen molar-refractivity contribution in [1.82, 2.24) is 5.23 Å². The molecule has 300 valence electrons. The van der Waals surface area contributed by atoms with Gasteiger partial charge in [-0.3, -0.25) is 4.84 Å². The number of aliphatic hydroxyl groups excluding tert-OH is 1. The van der Waals surface area contributed by atoms with Crippen molar-refractivity contribution in [3.63, 3.8) is 0 Å². The molecule has 1 unspecified atom stereocenters. The van der Waals surface area contributed by atoms with Crippen LogP contribution in [0.5, 0.6) is 0 Å². The summed E-state index contributed by atoms with van der Waals surface area (Å²) in [5.41, 5.74) is 4.18. The highest BCUT2D eigenvalue weighted by Gasteiger charge is 2.78. The van der Waals surface area contributed by atoms with Crippen LogP contribution in [0.2, 0.25) is 19.6 Å². The quantitative estimate of drug-likeness (QED) is 0.142. The van der Waals surface area contributed by atoms with Gasteiger partial charge < -0.3 is 9.63 Å². The SMILES string of the molecule is C[Si](C)(C)ON1OC23c4c5c6c7c8c9c(c%10c%11c2c2c4c4c%12c5c5c6c6c8c8c%13c9c9c%10c%10c%11c%11c2c2c4c4c%12c%12c5c5c6c8c6c8c%13c9c9c%10c%10c%11c2c2c4c4c%12c5c6c5c8c9c%10c2c45)C73C1CO. The maximum absolute atomic E-state index is 12.8. The van der Waals surface area contributed by atoms with Crippen LogP contribution in [0.15, 0.2) is 0 Å². The molecule has 4 aliphatic carbocycles. The van der Waals surface area contributed by atoms with E-state index < -0.39 is 25.4 Å². The van der Waals surface area contributed by atoms with E-state index in [1.807, 2.05) is 5.23 Å². The summed E-state index contributed by atoms with van der Waals surface area (Å²) < 4.78 is 7.43. The van der Waals surface area contributed by atoms with E-state index in [1.54, 1.807) is 226 Å². The molecule has 0 aromatic heterocycles. The Morgan fingerprint density at radius 3 is 0.657 bits per heavy atom. The molecule has 2 spiro atoms. The predicted octanol–water partition coefficient (Wildman–Crippen LogP) is 16.6. The molecule has 33 rings (SSSR count). The third kappa shape index (κ3) is 1.43. The molecular weight excluding hydrogens is 871 g/mol. The first-order valence-corrected chi connectivity index (χ1v) is 29.5. The van der Waals surface area contributed by atoms with Gasteiger partial charge in [0.1, 0.15) is 6.04 Å². The minimum Gasteiger partial charge on any atom is -0.395 e.